The Morgan fingerprint density at radius 1 is 1.36 bits per heavy atom. The molecule has 0 aromatic rings. The minimum atomic E-state index is -1.03. The number of carboxylic acids is 2. The second kappa shape index (κ2) is 7.58. The number of carbonyl (C=O) groups is 2. The van der Waals surface area contributed by atoms with Crippen LogP contribution in [-0.4, -0.2) is 40.6 Å². The summed E-state index contributed by atoms with van der Waals surface area (Å²) < 4.78 is 0. The van der Waals surface area contributed by atoms with Crippen LogP contribution >= 0.6 is 11.6 Å². The first-order valence-corrected chi connectivity index (χ1v) is 4.85. The number of alkyl halides is 1. The summed E-state index contributed by atoms with van der Waals surface area (Å²) >= 11 is 5.41. The standard InChI is InChI=1S/C8H14ClNO4/c9-4-1-5-10-6(8(13)14)2-3-7(11)12/h6,10H,1-5H2,(H,11,12)(H,13,14)/t6-/m0/s1. The van der Waals surface area contributed by atoms with Crippen molar-refractivity contribution in [3.63, 3.8) is 0 Å². The Hall–Kier alpha value is -0.810. The molecule has 0 bridgehead atoms. The number of rotatable bonds is 8. The van der Waals surface area contributed by atoms with Gasteiger partial charge in [-0.15, -0.1) is 11.6 Å². The molecular weight excluding hydrogens is 210 g/mol. The van der Waals surface area contributed by atoms with Crippen LogP contribution in [0.2, 0.25) is 0 Å². The summed E-state index contributed by atoms with van der Waals surface area (Å²) in [6.45, 7) is 0.486. The van der Waals surface area contributed by atoms with Gasteiger partial charge in [-0.3, -0.25) is 9.59 Å². The van der Waals surface area contributed by atoms with Crippen molar-refractivity contribution in [2.75, 3.05) is 12.4 Å². The van der Waals surface area contributed by atoms with Crippen molar-refractivity contribution in [2.24, 2.45) is 0 Å². The van der Waals surface area contributed by atoms with E-state index in [1.807, 2.05) is 0 Å². The van der Waals surface area contributed by atoms with E-state index in [2.05, 4.69) is 5.32 Å². The molecule has 1 atom stereocenters. The van der Waals surface area contributed by atoms with Gasteiger partial charge in [-0.05, 0) is 19.4 Å². The number of nitrogens with one attached hydrogen (secondary N) is 1. The van der Waals surface area contributed by atoms with E-state index in [1.165, 1.54) is 0 Å². The van der Waals surface area contributed by atoms with Crippen molar-refractivity contribution in [3.8, 4) is 0 Å². The molecule has 82 valence electrons. The highest BCUT2D eigenvalue weighted by molar-refractivity contribution is 6.17. The maximum Gasteiger partial charge on any atom is 0.320 e. The van der Waals surface area contributed by atoms with Gasteiger partial charge >= 0.3 is 11.9 Å². The Bertz CT molecular complexity index is 198. The summed E-state index contributed by atoms with van der Waals surface area (Å²) in [6, 6.07) is -0.797. The van der Waals surface area contributed by atoms with Crippen molar-refractivity contribution in [2.45, 2.75) is 25.3 Å². The van der Waals surface area contributed by atoms with Gasteiger partial charge in [-0.2, -0.15) is 0 Å². The summed E-state index contributed by atoms with van der Waals surface area (Å²) in [5, 5.41) is 19.8. The van der Waals surface area contributed by atoms with E-state index in [9.17, 15) is 9.59 Å². The SMILES string of the molecule is O=C(O)CC[C@H](NCCCCl)C(=O)O. The third kappa shape index (κ3) is 6.68. The molecule has 0 fully saturated rings. The molecule has 0 heterocycles. The number of halogens is 1. The van der Waals surface area contributed by atoms with Gasteiger partial charge in [0.25, 0.3) is 0 Å². The average Bonchev–Trinajstić information content (AvgIpc) is 2.10. The van der Waals surface area contributed by atoms with Gasteiger partial charge in [0.2, 0.25) is 0 Å². The molecule has 0 radical (unpaired) electrons. The fourth-order valence-electron chi connectivity index (χ4n) is 0.924. The third-order valence-electron chi connectivity index (χ3n) is 1.65. The Morgan fingerprint density at radius 2 is 2.00 bits per heavy atom. The molecule has 0 saturated carbocycles. The molecule has 0 rings (SSSR count). The number of hydrogen-bond acceptors (Lipinski definition) is 3. The van der Waals surface area contributed by atoms with Gasteiger partial charge in [0.15, 0.2) is 0 Å². The van der Waals surface area contributed by atoms with E-state index < -0.39 is 18.0 Å². The Morgan fingerprint density at radius 3 is 2.43 bits per heavy atom. The summed E-state index contributed by atoms with van der Waals surface area (Å²) in [4.78, 5) is 20.8. The largest absolute Gasteiger partial charge is 0.481 e. The van der Waals surface area contributed by atoms with Gasteiger partial charge in [0.1, 0.15) is 6.04 Å². The van der Waals surface area contributed by atoms with Crippen LogP contribution in [0.3, 0.4) is 0 Å². The van der Waals surface area contributed by atoms with Crippen LogP contribution in [0.4, 0.5) is 0 Å². The molecular formula is C8H14ClNO4. The number of aliphatic carboxylic acids is 2. The molecule has 0 aromatic heterocycles. The van der Waals surface area contributed by atoms with Crippen LogP contribution in [0.5, 0.6) is 0 Å². The third-order valence-corrected chi connectivity index (χ3v) is 1.91. The molecule has 0 amide bonds. The predicted octanol–water partition coefficient (Wildman–Crippen LogP) is 0.523. The van der Waals surface area contributed by atoms with E-state index in [0.717, 1.165) is 0 Å². The number of carboxylic acid groups (broad SMARTS) is 2. The number of hydrogen-bond donors (Lipinski definition) is 3. The van der Waals surface area contributed by atoms with E-state index in [-0.39, 0.29) is 12.8 Å². The molecule has 14 heavy (non-hydrogen) atoms. The summed E-state index contributed by atoms with van der Waals surface area (Å²) in [7, 11) is 0. The first kappa shape index (κ1) is 13.2. The first-order chi connectivity index (χ1) is 6.57. The quantitative estimate of drug-likeness (QED) is 0.413. The second-order valence-corrected chi connectivity index (χ2v) is 3.20. The zero-order valence-corrected chi connectivity index (χ0v) is 8.46. The lowest BCUT2D eigenvalue weighted by Crippen LogP contribution is -2.37. The summed E-state index contributed by atoms with van der Waals surface area (Å²) in [5.74, 6) is -1.56. The van der Waals surface area contributed by atoms with Crippen LogP contribution in [0.25, 0.3) is 0 Å². The molecule has 0 spiro atoms. The Balaban J connectivity index is 3.78. The van der Waals surface area contributed by atoms with Gasteiger partial charge < -0.3 is 15.5 Å². The lowest BCUT2D eigenvalue weighted by atomic mass is 10.1. The molecule has 0 aromatic carbocycles. The van der Waals surface area contributed by atoms with Gasteiger partial charge in [-0.25, -0.2) is 0 Å². The van der Waals surface area contributed by atoms with Crippen molar-refractivity contribution in [1.29, 1.82) is 0 Å². The van der Waals surface area contributed by atoms with E-state index in [0.29, 0.717) is 18.8 Å². The molecule has 3 N–H and O–H groups in total. The van der Waals surface area contributed by atoms with Crippen molar-refractivity contribution >= 4 is 23.5 Å². The topological polar surface area (TPSA) is 86.6 Å². The van der Waals surface area contributed by atoms with Crippen molar-refractivity contribution in [3.05, 3.63) is 0 Å². The lowest BCUT2D eigenvalue weighted by molar-refractivity contribution is -0.140. The fraction of sp³-hybridized carbons (Fsp3) is 0.750. The highest BCUT2D eigenvalue weighted by Crippen LogP contribution is 1.98. The smallest absolute Gasteiger partial charge is 0.320 e. The zero-order valence-electron chi connectivity index (χ0n) is 7.70. The molecule has 0 unspecified atom stereocenters. The Labute approximate surface area is 87.1 Å². The highest BCUT2D eigenvalue weighted by atomic mass is 35.5. The van der Waals surface area contributed by atoms with Crippen LogP contribution in [0.15, 0.2) is 0 Å². The van der Waals surface area contributed by atoms with Crippen LogP contribution in [0, 0.1) is 0 Å². The van der Waals surface area contributed by atoms with Crippen LogP contribution < -0.4 is 5.32 Å². The molecule has 5 nitrogen and oxygen atoms in total. The molecule has 0 aliphatic heterocycles. The van der Waals surface area contributed by atoms with Crippen LogP contribution in [-0.2, 0) is 9.59 Å². The lowest BCUT2D eigenvalue weighted by Gasteiger charge is -2.12. The second-order valence-electron chi connectivity index (χ2n) is 2.82. The summed E-state index contributed by atoms with van der Waals surface area (Å²) in [6.07, 6.45) is 0.607. The predicted molar refractivity (Wildman–Crippen MR) is 51.6 cm³/mol. The minimum Gasteiger partial charge on any atom is -0.481 e. The first-order valence-electron chi connectivity index (χ1n) is 4.32. The molecule has 6 heteroatoms. The van der Waals surface area contributed by atoms with E-state index in [1.54, 1.807) is 0 Å². The van der Waals surface area contributed by atoms with Crippen LogP contribution in [0.1, 0.15) is 19.3 Å². The van der Waals surface area contributed by atoms with Gasteiger partial charge in [0, 0.05) is 12.3 Å². The van der Waals surface area contributed by atoms with Gasteiger partial charge in [-0.1, -0.05) is 0 Å². The van der Waals surface area contributed by atoms with Crippen molar-refractivity contribution in [1.82, 2.24) is 5.32 Å². The molecule has 0 aliphatic carbocycles. The van der Waals surface area contributed by atoms with E-state index in [4.69, 9.17) is 21.8 Å². The zero-order chi connectivity index (χ0) is 11.0. The monoisotopic (exact) mass is 223 g/mol. The Kier molecular flexibility index (Phi) is 7.14. The minimum absolute atomic E-state index is 0.0902. The fourth-order valence-corrected chi connectivity index (χ4v) is 1.06. The maximum absolute atomic E-state index is 10.6. The highest BCUT2D eigenvalue weighted by Gasteiger charge is 2.17. The normalized spacial score (nSPS) is 12.4. The molecule has 0 saturated heterocycles. The molecule has 0 aliphatic rings. The van der Waals surface area contributed by atoms with E-state index >= 15 is 0 Å². The van der Waals surface area contributed by atoms with Gasteiger partial charge in [0.05, 0.1) is 0 Å². The average molecular weight is 224 g/mol. The maximum atomic E-state index is 10.6. The summed E-state index contributed by atoms with van der Waals surface area (Å²) in [5.41, 5.74) is 0. The van der Waals surface area contributed by atoms with Crippen molar-refractivity contribution < 1.29 is 19.8 Å².